The van der Waals surface area contributed by atoms with Crippen molar-refractivity contribution in [1.82, 2.24) is 14.9 Å². The highest BCUT2D eigenvalue weighted by molar-refractivity contribution is 5.86. The fourth-order valence-electron chi connectivity index (χ4n) is 3.08. The normalized spacial score (nSPS) is 16.0. The van der Waals surface area contributed by atoms with Gasteiger partial charge in [0.15, 0.2) is 0 Å². The SMILES string of the molecule is O=c1[nH]cccc1-c1cc2cc(CN3CCOCC3)ccc2[nH]1. The predicted octanol–water partition coefficient (Wildman–Crippen LogP) is 2.36. The molecule has 1 aromatic carbocycles. The van der Waals surface area contributed by atoms with Crippen LogP contribution in [0.1, 0.15) is 5.56 Å². The van der Waals surface area contributed by atoms with Crippen LogP contribution in [-0.4, -0.2) is 41.2 Å². The first-order valence-corrected chi connectivity index (χ1v) is 7.89. The highest BCUT2D eigenvalue weighted by Gasteiger charge is 2.12. The minimum absolute atomic E-state index is 0.0763. The summed E-state index contributed by atoms with van der Waals surface area (Å²) in [6, 6.07) is 12.1. The first kappa shape index (κ1) is 14.2. The van der Waals surface area contributed by atoms with Crippen molar-refractivity contribution in [2.24, 2.45) is 0 Å². The summed E-state index contributed by atoms with van der Waals surface area (Å²) < 4.78 is 5.39. The molecule has 1 fully saturated rings. The molecule has 0 radical (unpaired) electrons. The molecule has 0 atom stereocenters. The Kier molecular flexibility index (Phi) is 3.73. The summed E-state index contributed by atoms with van der Waals surface area (Å²) in [6.45, 7) is 4.53. The van der Waals surface area contributed by atoms with Crippen LogP contribution in [-0.2, 0) is 11.3 Å². The zero-order valence-electron chi connectivity index (χ0n) is 12.8. The number of fused-ring (bicyclic) bond motifs is 1. The van der Waals surface area contributed by atoms with Gasteiger partial charge in [0.2, 0.25) is 0 Å². The van der Waals surface area contributed by atoms with Gasteiger partial charge in [0.05, 0.1) is 24.5 Å². The van der Waals surface area contributed by atoms with E-state index in [2.05, 4.69) is 33.1 Å². The molecule has 0 saturated carbocycles. The summed E-state index contributed by atoms with van der Waals surface area (Å²) in [5.74, 6) is 0. The molecule has 2 aromatic heterocycles. The molecule has 5 heteroatoms. The predicted molar refractivity (Wildman–Crippen MR) is 90.5 cm³/mol. The molecule has 0 aliphatic carbocycles. The number of aromatic amines is 2. The van der Waals surface area contributed by atoms with Crippen LogP contribution in [0.15, 0.2) is 47.4 Å². The van der Waals surface area contributed by atoms with Gasteiger partial charge in [-0.3, -0.25) is 9.69 Å². The van der Waals surface area contributed by atoms with Gasteiger partial charge in [0.25, 0.3) is 5.56 Å². The Morgan fingerprint density at radius 2 is 2.00 bits per heavy atom. The molecule has 23 heavy (non-hydrogen) atoms. The smallest absolute Gasteiger partial charge is 0.257 e. The Hall–Kier alpha value is -2.37. The van der Waals surface area contributed by atoms with Gasteiger partial charge < -0.3 is 14.7 Å². The quantitative estimate of drug-likeness (QED) is 0.781. The molecular weight excluding hydrogens is 290 g/mol. The second-order valence-electron chi connectivity index (χ2n) is 5.91. The number of pyridine rings is 1. The maximum absolute atomic E-state index is 11.9. The highest BCUT2D eigenvalue weighted by Crippen LogP contribution is 2.23. The van der Waals surface area contributed by atoms with Crippen molar-refractivity contribution < 1.29 is 4.74 Å². The van der Waals surface area contributed by atoms with Crippen LogP contribution in [0.5, 0.6) is 0 Å². The number of H-pyrrole nitrogens is 2. The average Bonchev–Trinajstić information content (AvgIpc) is 2.99. The van der Waals surface area contributed by atoms with Crippen molar-refractivity contribution in [3.63, 3.8) is 0 Å². The fourth-order valence-corrected chi connectivity index (χ4v) is 3.08. The van der Waals surface area contributed by atoms with Gasteiger partial charge in [0.1, 0.15) is 0 Å². The zero-order valence-corrected chi connectivity index (χ0v) is 12.8. The molecule has 4 rings (SSSR count). The van der Waals surface area contributed by atoms with E-state index < -0.39 is 0 Å². The Morgan fingerprint density at radius 1 is 1.13 bits per heavy atom. The Balaban J connectivity index is 1.64. The lowest BCUT2D eigenvalue weighted by Gasteiger charge is -2.26. The first-order chi connectivity index (χ1) is 11.3. The van der Waals surface area contributed by atoms with Gasteiger partial charge in [0, 0.05) is 36.7 Å². The Labute approximate surface area is 133 Å². The van der Waals surface area contributed by atoms with Gasteiger partial charge in [-0.25, -0.2) is 0 Å². The van der Waals surface area contributed by atoms with Crippen LogP contribution >= 0.6 is 0 Å². The Morgan fingerprint density at radius 3 is 2.83 bits per heavy atom. The van der Waals surface area contributed by atoms with Crippen LogP contribution in [0.4, 0.5) is 0 Å². The molecule has 5 nitrogen and oxygen atoms in total. The van der Waals surface area contributed by atoms with Crippen molar-refractivity contribution >= 4 is 10.9 Å². The summed E-state index contributed by atoms with van der Waals surface area (Å²) in [4.78, 5) is 20.4. The van der Waals surface area contributed by atoms with E-state index in [0.29, 0.717) is 5.56 Å². The minimum atomic E-state index is -0.0763. The van der Waals surface area contributed by atoms with Crippen molar-refractivity contribution in [2.75, 3.05) is 26.3 Å². The van der Waals surface area contributed by atoms with E-state index >= 15 is 0 Å². The maximum Gasteiger partial charge on any atom is 0.257 e. The van der Waals surface area contributed by atoms with Crippen molar-refractivity contribution in [1.29, 1.82) is 0 Å². The third-order valence-electron chi connectivity index (χ3n) is 4.30. The number of benzene rings is 1. The van der Waals surface area contributed by atoms with Crippen LogP contribution < -0.4 is 5.56 Å². The molecular formula is C18H19N3O2. The van der Waals surface area contributed by atoms with E-state index in [9.17, 15) is 4.79 Å². The van der Waals surface area contributed by atoms with E-state index in [1.54, 1.807) is 6.20 Å². The van der Waals surface area contributed by atoms with Crippen LogP contribution in [0.25, 0.3) is 22.2 Å². The maximum atomic E-state index is 11.9. The highest BCUT2D eigenvalue weighted by atomic mass is 16.5. The minimum Gasteiger partial charge on any atom is -0.379 e. The van der Waals surface area contributed by atoms with Gasteiger partial charge in [-0.15, -0.1) is 0 Å². The molecule has 3 heterocycles. The summed E-state index contributed by atoms with van der Waals surface area (Å²) in [5.41, 5.74) is 3.78. The van der Waals surface area contributed by atoms with Gasteiger partial charge in [-0.2, -0.15) is 0 Å². The van der Waals surface area contributed by atoms with Crippen LogP contribution in [0.3, 0.4) is 0 Å². The van der Waals surface area contributed by atoms with Gasteiger partial charge in [-0.1, -0.05) is 6.07 Å². The average molecular weight is 309 g/mol. The van der Waals surface area contributed by atoms with E-state index in [-0.39, 0.29) is 5.56 Å². The second-order valence-corrected chi connectivity index (χ2v) is 5.91. The molecule has 0 spiro atoms. The number of ether oxygens (including phenoxy) is 1. The molecule has 3 aromatic rings. The van der Waals surface area contributed by atoms with E-state index in [0.717, 1.165) is 49.4 Å². The van der Waals surface area contributed by atoms with Gasteiger partial charge in [-0.05, 0) is 35.9 Å². The van der Waals surface area contributed by atoms with E-state index in [1.807, 2.05) is 18.2 Å². The monoisotopic (exact) mass is 309 g/mol. The second kappa shape index (κ2) is 6.02. The zero-order chi connectivity index (χ0) is 15.6. The molecule has 0 unspecified atom stereocenters. The standard InChI is InChI=1S/C18H19N3O2/c22-18-15(2-1-5-19-18)17-11-14-10-13(3-4-16(14)20-17)12-21-6-8-23-9-7-21/h1-5,10-11,20H,6-9,12H2,(H,19,22). The number of hydrogen-bond donors (Lipinski definition) is 2. The lowest BCUT2D eigenvalue weighted by atomic mass is 10.1. The van der Waals surface area contributed by atoms with Gasteiger partial charge >= 0.3 is 0 Å². The number of nitrogens with one attached hydrogen (secondary N) is 2. The van der Waals surface area contributed by atoms with E-state index in [4.69, 9.17) is 4.74 Å². The van der Waals surface area contributed by atoms with Crippen molar-refractivity contribution in [2.45, 2.75) is 6.54 Å². The molecule has 0 amide bonds. The van der Waals surface area contributed by atoms with Crippen molar-refractivity contribution in [3.8, 4) is 11.3 Å². The third-order valence-corrected chi connectivity index (χ3v) is 4.30. The van der Waals surface area contributed by atoms with Crippen LogP contribution in [0.2, 0.25) is 0 Å². The molecule has 118 valence electrons. The van der Waals surface area contributed by atoms with Crippen LogP contribution in [0, 0.1) is 0 Å². The topological polar surface area (TPSA) is 61.1 Å². The number of rotatable bonds is 3. The molecule has 1 aliphatic heterocycles. The summed E-state index contributed by atoms with van der Waals surface area (Å²) in [5, 5.41) is 1.13. The number of morpholine rings is 1. The van der Waals surface area contributed by atoms with Crippen molar-refractivity contribution in [3.05, 3.63) is 58.5 Å². The Bertz CT molecular complexity index is 875. The lowest BCUT2D eigenvalue weighted by molar-refractivity contribution is 0.0342. The summed E-state index contributed by atoms with van der Waals surface area (Å²) in [6.07, 6.45) is 1.65. The molecule has 1 aliphatic rings. The number of hydrogen-bond acceptors (Lipinski definition) is 3. The summed E-state index contributed by atoms with van der Waals surface area (Å²) >= 11 is 0. The third kappa shape index (κ3) is 2.93. The lowest BCUT2D eigenvalue weighted by Crippen LogP contribution is -2.35. The number of nitrogens with zero attached hydrogens (tertiary/aromatic N) is 1. The summed E-state index contributed by atoms with van der Waals surface area (Å²) in [7, 11) is 0. The largest absolute Gasteiger partial charge is 0.379 e. The van der Waals surface area contributed by atoms with E-state index in [1.165, 1.54) is 5.56 Å². The number of aromatic nitrogens is 2. The first-order valence-electron chi connectivity index (χ1n) is 7.89. The fraction of sp³-hybridized carbons (Fsp3) is 0.278. The molecule has 2 N–H and O–H groups in total. The molecule has 1 saturated heterocycles. The molecule has 0 bridgehead atoms.